The van der Waals surface area contributed by atoms with Crippen LogP contribution in [0, 0.1) is 0 Å². The predicted molar refractivity (Wildman–Crippen MR) is 112 cm³/mol. The lowest BCUT2D eigenvalue weighted by Gasteiger charge is -2.20. The molecule has 146 valence electrons. The molecule has 0 atom stereocenters. The summed E-state index contributed by atoms with van der Waals surface area (Å²) >= 11 is 7.67. The Labute approximate surface area is 177 Å². The third-order valence-electron chi connectivity index (χ3n) is 4.84. The average molecular weight is 425 g/mol. The highest BCUT2D eigenvalue weighted by atomic mass is 35.5. The number of pyridine rings is 1. The molecule has 1 aromatic heterocycles. The van der Waals surface area contributed by atoms with Crippen LogP contribution in [0.25, 0.3) is 0 Å². The molecule has 0 N–H and O–H groups in total. The second-order valence-corrected chi connectivity index (χ2v) is 8.48. The van der Waals surface area contributed by atoms with Crippen molar-refractivity contribution in [1.82, 2.24) is 9.29 Å². The highest BCUT2D eigenvalue weighted by molar-refractivity contribution is 7.97. The summed E-state index contributed by atoms with van der Waals surface area (Å²) < 4.78 is 13.5. The van der Waals surface area contributed by atoms with Crippen molar-refractivity contribution in [2.24, 2.45) is 0 Å². The van der Waals surface area contributed by atoms with Crippen LogP contribution in [-0.2, 0) is 13.1 Å². The van der Waals surface area contributed by atoms with Gasteiger partial charge in [-0.1, -0.05) is 23.7 Å². The molecule has 29 heavy (non-hydrogen) atoms. The van der Waals surface area contributed by atoms with Crippen LogP contribution < -0.4 is 9.47 Å². The highest BCUT2D eigenvalue weighted by Crippen LogP contribution is 2.38. The number of ketones is 1. The first kappa shape index (κ1) is 18.5. The molecule has 0 saturated heterocycles. The molecule has 0 spiro atoms. The molecule has 7 heteroatoms. The van der Waals surface area contributed by atoms with Gasteiger partial charge in [0.1, 0.15) is 18.9 Å². The molecule has 0 aliphatic carbocycles. The highest BCUT2D eigenvalue weighted by Gasteiger charge is 2.23. The maximum Gasteiger partial charge on any atom is 0.211 e. The Morgan fingerprint density at radius 1 is 1.00 bits per heavy atom. The average Bonchev–Trinajstić information content (AvgIpc) is 3.14. The quantitative estimate of drug-likeness (QED) is 0.444. The van der Waals surface area contributed by atoms with Gasteiger partial charge in [-0.25, -0.2) is 4.31 Å². The topological polar surface area (TPSA) is 51.7 Å². The van der Waals surface area contributed by atoms with Crippen molar-refractivity contribution in [3.05, 3.63) is 82.1 Å². The van der Waals surface area contributed by atoms with Crippen LogP contribution in [-0.4, -0.2) is 28.3 Å². The van der Waals surface area contributed by atoms with E-state index >= 15 is 0 Å². The van der Waals surface area contributed by atoms with E-state index in [-0.39, 0.29) is 5.78 Å². The van der Waals surface area contributed by atoms with Gasteiger partial charge in [0.05, 0.1) is 0 Å². The molecule has 0 unspecified atom stereocenters. The third-order valence-corrected chi connectivity index (χ3v) is 6.06. The Morgan fingerprint density at radius 3 is 2.69 bits per heavy atom. The molecule has 2 aliphatic rings. The van der Waals surface area contributed by atoms with E-state index in [0.717, 1.165) is 40.6 Å². The number of ether oxygens (including phenoxy) is 2. The molecule has 2 aliphatic heterocycles. The van der Waals surface area contributed by atoms with Gasteiger partial charge in [-0.15, -0.1) is 0 Å². The Kier molecular flexibility index (Phi) is 4.91. The summed E-state index contributed by atoms with van der Waals surface area (Å²) in [6.07, 6.45) is 1.80. The second kappa shape index (κ2) is 7.71. The van der Waals surface area contributed by atoms with Crippen LogP contribution in [0.2, 0.25) is 5.02 Å². The minimum Gasteiger partial charge on any atom is -0.486 e. The zero-order valence-electron chi connectivity index (χ0n) is 15.4. The lowest BCUT2D eigenvalue weighted by molar-refractivity contribution is 0.103. The summed E-state index contributed by atoms with van der Waals surface area (Å²) in [6.45, 7) is 2.68. The summed E-state index contributed by atoms with van der Waals surface area (Å²) in [5.74, 6) is 1.46. The Morgan fingerprint density at radius 2 is 1.83 bits per heavy atom. The number of carbonyl (C=O) groups excluding carboxylic acids is 1. The smallest absolute Gasteiger partial charge is 0.211 e. The van der Waals surface area contributed by atoms with E-state index < -0.39 is 0 Å². The molecule has 0 amide bonds. The van der Waals surface area contributed by atoms with Crippen LogP contribution in [0.15, 0.2) is 59.6 Å². The van der Waals surface area contributed by atoms with Gasteiger partial charge in [-0.05, 0) is 59.5 Å². The van der Waals surface area contributed by atoms with Gasteiger partial charge in [-0.2, -0.15) is 0 Å². The molecule has 3 aromatic rings. The van der Waals surface area contributed by atoms with E-state index in [1.165, 1.54) is 0 Å². The van der Waals surface area contributed by atoms with Crippen LogP contribution >= 0.6 is 23.5 Å². The molecule has 0 saturated carbocycles. The van der Waals surface area contributed by atoms with Crippen molar-refractivity contribution in [3.63, 3.8) is 0 Å². The summed E-state index contributed by atoms with van der Waals surface area (Å²) in [5, 5.41) is 0.541. The molecule has 0 radical (unpaired) electrons. The van der Waals surface area contributed by atoms with E-state index in [2.05, 4.69) is 9.29 Å². The van der Waals surface area contributed by atoms with Gasteiger partial charge in [0.25, 0.3) is 0 Å². The number of hydrogen-bond acceptors (Lipinski definition) is 6. The molecule has 5 rings (SSSR count). The number of halogens is 1. The summed E-state index contributed by atoms with van der Waals surface area (Å²) in [5.41, 5.74) is 3.25. The first-order valence-electron chi connectivity index (χ1n) is 9.26. The Balaban J connectivity index is 1.31. The molecular weight excluding hydrogens is 408 g/mol. The molecular formula is C22H17ClN2O3S. The zero-order valence-corrected chi connectivity index (χ0v) is 17.0. The first-order valence-corrected chi connectivity index (χ1v) is 10.4. The van der Waals surface area contributed by atoms with Crippen LogP contribution in [0.5, 0.6) is 11.5 Å². The first-order chi connectivity index (χ1) is 14.2. The lowest BCUT2D eigenvalue weighted by Crippen LogP contribution is -2.15. The molecule has 2 aromatic carbocycles. The summed E-state index contributed by atoms with van der Waals surface area (Å²) in [4.78, 5) is 18.2. The maximum absolute atomic E-state index is 12.7. The number of aromatic nitrogens is 1. The van der Waals surface area contributed by atoms with Crippen molar-refractivity contribution in [2.75, 3.05) is 13.2 Å². The number of carbonyl (C=O) groups is 1. The number of benzene rings is 2. The normalized spacial score (nSPS) is 15.2. The number of fused-ring (bicyclic) bond motifs is 2. The van der Waals surface area contributed by atoms with Gasteiger partial charge in [-0.3, -0.25) is 9.78 Å². The van der Waals surface area contributed by atoms with E-state index in [9.17, 15) is 4.79 Å². The molecule has 3 heterocycles. The predicted octanol–water partition coefficient (Wildman–Crippen LogP) is 4.76. The van der Waals surface area contributed by atoms with Gasteiger partial charge >= 0.3 is 0 Å². The lowest BCUT2D eigenvalue weighted by atomic mass is 10.1. The fraction of sp³-hybridized carbons (Fsp3) is 0.182. The fourth-order valence-corrected chi connectivity index (χ4v) is 4.63. The van der Waals surface area contributed by atoms with Gasteiger partial charge in [0, 0.05) is 34.8 Å². The Hall–Kier alpha value is -2.54. The SMILES string of the molecule is O=C(c1cccc(Cl)c1)c1cc2c(cn1)CN(Sc1ccc3c(c1)OCCO3)C2. The number of hydrogen-bond donors (Lipinski definition) is 0. The summed E-state index contributed by atoms with van der Waals surface area (Å²) in [7, 11) is 0. The van der Waals surface area contributed by atoms with Crippen LogP contribution in [0.1, 0.15) is 27.2 Å². The van der Waals surface area contributed by atoms with E-state index in [0.29, 0.717) is 29.5 Å². The van der Waals surface area contributed by atoms with Crippen LogP contribution in [0.4, 0.5) is 0 Å². The fourth-order valence-electron chi connectivity index (χ4n) is 3.45. The second-order valence-electron chi connectivity index (χ2n) is 6.87. The molecule has 5 nitrogen and oxygen atoms in total. The van der Waals surface area contributed by atoms with E-state index in [4.69, 9.17) is 21.1 Å². The monoisotopic (exact) mass is 424 g/mol. The third kappa shape index (κ3) is 3.83. The van der Waals surface area contributed by atoms with E-state index in [1.54, 1.807) is 42.4 Å². The van der Waals surface area contributed by atoms with Gasteiger partial charge < -0.3 is 9.47 Å². The van der Waals surface area contributed by atoms with Crippen LogP contribution in [0.3, 0.4) is 0 Å². The largest absolute Gasteiger partial charge is 0.486 e. The van der Waals surface area contributed by atoms with Crippen molar-refractivity contribution >= 4 is 29.3 Å². The minimum atomic E-state index is -0.117. The maximum atomic E-state index is 12.7. The zero-order chi connectivity index (χ0) is 19.8. The van der Waals surface area contributed by atoms with Crippen molar-refractivity contribution in [1.29, 1.82) is 0 Å². The van der Waals surface area contributed by atoms with E-state index in [1.807, 2.05) is 24.3 Å². The minimum absolute atomic E-state index is 0.117. The molecule has 0 fully saturated rings. The van der Waals surface area contributed by atoms with Crippen molar-refractivity contribution in [2.45, 2.75) is 18.0 Å². The number of nitrogens with zero attached hydrogens (tertiary/aromatic N) is 2. The van der Waals surface area contributed by atoms with Gasteiger partial charge in [0.15, 0.2) is 11.5 Å². The van der Waals surface area contributed by atoms with Crippen molar-refractivity contribution < 1.29 is 14.3 Å². The van der Waals surface area contributed by atoms with Crippen molar-refractivity contribution in [3.8, 4) is 11.5 Å². The summed E-state index contributed by atoms with van der Waals surface area (Å²) in [6, 6.07) is 14.8. The number of rotatable bonds is 4. The molecule has 0 bridgehead atoms. The standard InChI is InChI=1S/C22H17ClN2O3S/c23-17-3-1-2-14(8-17)22(26)19-9-15-12-25(13-16(15)11-24-19)29-18-4-5-20-21(10-18)28-7-6-27-20/h1-5,8-11H,6-7,12-13H2. The Bertz CT molecular complexity index is 1110. The van der Waals surface area contributed by atoms with Gasteiger partial charge in [0.2, 0.25) is 5.78 Å².